The maximum absolute atomic E-state index is 5.38. The van der Waals surface area contributed by atoms with Crippen molar-refractivity contribution >= 4 is 18.3 Å². The maximum Gasteiger partial charge on any atom is 0.120 e. The molecule has 0 aromatic rings. The summed E-state index contributed by atoms with van der Waals surface area (Å²) in [5.74, 6) is 0. The van der Waals surface area contributed by atoms with E-state index in [-0.39, 0.29) is 0 Å². The van der Waals surface area contributed by atoms with Crippen molar-refractivity contribution in [3.05, 3.63) is 11.4 Å². The Kier molecular flexibility index (Phi) is 3.42. The molecule has 0 rings (SSSR count). The van der Waals surface area contributed by atoms with Crippen molar-refractivity contribution in [1.82, 2.24) is 5.32 Å². The second kappa shape index (κ2) is 3.68. The Labute approximate surface area is 47.9 Å². The Balaban J connectivity index is 3.49. The molecule has 0 saturated heterocycles. The molecule has 40 valence electrons. The molecule has 2 nitrogen and oxygen atoms in total. The van der Waals surface area contributed by atoms with Crippen LogP contribution in [0.4, 0.5) is 0 Å². The third-order valence-electron chi connectivity index (χ3n) is 0.443. The first kappa shape index (κ1) is 6.50. The van der Waals surface area contributed by atoms with E-state index in [1.54, 1.807) is 7.05 Å². The van der Waals surface area contributed by atoms with Gasteiger partial charge < -0.3 is 5.32 Å². The third-order valence-corrected chi connectivity index (χ3v) is 0.730. The molecule has 0 unspecified atom stereocenters. The summed E-state index contributed by atoms with van der Waals surface area (Å²) in [6.45, 7) is 3.20. The summed E-state index contributed by atoms with van der Waals surface area (Å²) < 4.78 is 0. The Morgan fingerprint density at radius 1 is 2.00 bits per heavy atom. The summed E-state index contributed by atoms with van der Waals surface area (Å²) in [6, 6.07) is 0. The number of hydrogen-bond acceptors (Lipinski definition) is 2. The van der Waals surface area contributed by atoms with Gasteiger partial charge in [-0.05, 0) is 6.72 Å². The first-order valence-corrected chi connectivity index (χ1v) is 2.18. The Bertz CT molecular complexity index is 87.7. The van der Waals surface area contributed by atoms with Gasteiger partial charge in [0.1, 0.15) is 5.16 Å². The van der Waals surface area contributed by atoms with Crippen LogP contribution in [-0.4, -0.2) is 13.8 Å². The number of nitrogens with zero attached hydrogens (tertiary/aromatic N) is 1. The molecule has 0 heterocycles. The molecule has 0 radical (unpaired) electrons. The summed E-state index contributed by atoms with van der Waals surface area (Å²) in [7, 11) is 1.71. The van der Waals surface area contributed by atoms with Gasteiger partial charge in [-0.1, -0.05) is 11.6 Å². The molecule has 0 fully saturated rings. The van der Waals surface area contributed by atoms with Gasteiger partial charge in [-0.2, -0.15) is 0 Å². The standard InChI is InChI=1S/C4H7ClN2/c1-6-3-4(5)7-2/h3,7H,1H2,2H3/b4-3-. The van der Waals surface area contributed by atoms with E-state index in [1.807, 2.05) is 0 Å². The molecule has 0 atom stereocenters. The van der Waals surface area contributed by atoms with Crippen molar-refractivity contribution in [2.45, 2.75) is 0 Å². The van der Waals surface area contributed by atoms with Crippen LogP contribution < -0.4 is 5.32 Å². The van der Waals surface area contributed by atoms with E-state index in [9.17, 15) is 0 Å². The second-order valence-electron chi connectivity index (χ2n) is 0.910. The molecule has 0 spiro atoms. The van der Waals surface area contributed by atoms with Crippen LogP contribution >= 0.6 is 11.6 Å². The first-order chi connectivity index (χ1) is 3.31. The quantitative estimate of drug-likeness (QED) is 0.424. The average molecular weight is 119 g/mol. The number of rotatable bonds is 2. The number of nitrogens with one attached hydrogen (secondary N) is 1. The molecule has 0 aliphatic heterocycles. The molecule has 0 aliphatic rings. The fourth-order valence-electron chi connectivity index (χ4n) is 0.145. The van der Waals surface area contributed by atoms with E-state index in [0.717, 1.165) is 0 Å². The van der Waals surface area contributed by atoms with Gasteiger partial charge in [0.05, 0.1) is 6.20 Å². The summed E-state index contributed by atoms with van der Waals surface area (Å²) in [6.07, 6.45) is 1.43. The van der Waals surface area contributed by atoms with E-state index in [4.69, 9.17) is 11.6 Å². The lowest BCUT2D eigenvalue weighted by molar-refractivity contribution is 1.06. The molecular weight excluding hydrogens is 112 g/mol. The van der Waals surface area contributed by atoms with Crippen LogP contribution in [0, 0.1) is 0 Å². The molecule has 0 bridgehead atoms. The molecule has 3 heteroatoms. The predicted molar refractivity (Wildman–Crippen MR) is 32.5 cm³/mol. The van der Waals surface area contributed by atoms with Crippen LogP contribution in [0.5, 0.6) is 0 Å². The number of aliphatic imine (C=N–C) groups is 1. The lowest BCUT2D eigenvalue weighted by Gasteiger charge is -1.88. The SMILES string of the molecule is C=N/C=C(/Cl)NC. The highest BCUT2D eigenvalue weighted by molar-refractivity contribution is 6.29. The van der Waals surface area contributed by atoms with Crippen molar-refractivity contribution in [3.8, 4) is 0 Å². The van der Waals surface area contributed by atoms with Crippen LogP contribution in [0.15, 0.2) is 16.3 Å². The van der Waals surface area contributed by atoms with Crippen molar-refractivity contribution in [2.24, 2.45) is 4.99 Å². The van der Waals surface area contributed by atoms with Crippen LogP contribution in [0.2, 0.25) is 0 Å². The zero-order chi connectivity index (χ0) is 5.70. The largest absolute Gasteiger partial charge is 0.378 e. The Morgan fingerprint density at radius 3 is 2.71 bits per heavy atom. The normalized spacial score (nSPS) is 10.9. The summed E-state index contributed by atoms with van der Waals surface area (Å²) >= 11 is 5.38. The van der Waals surface area contributed by atoms with Gasteiger partial charge in [0, 0.05) is 7.05 Å². The lowest BCUT2D eigenvalue weighted by atomic mass is 10.9. The maximum atomic E-state index is 5.38. The predicted octanol–water partition coefficient (Wildman–Crippen LogP) is 0.944. The van der Waals surface area contributed by atoms with Crippen molar-refractivity contribution in [3.63, 3.8) is 0 Å². The molecule has 0 aromatic carbocycles. The lowest BCUT2D eigenvalue weighted by Crippen LogP contribution is -1.97. The van der Waals surface area contributed by atoms with Crippen LogP contribution in [-0.2, 0) is 0 Å². The second-order valence-corrected chi connectivity index (χ2v) is 1.32. The summed E-state index contributed by atoms with van der Waals surface area (Å²) in [4.78, 5) is 3.40. The number of hydrogen-bond donors (Lipinski definition) is 1. The topological polar surface area (TPSA) is 24.4 Å². The third kappa shape index (κ3) is 3.33. The highest BCUT2D eigenvalue weighted by Gasteiger charge is 1.76. The van der Waals surface area contributed by atoms with Crippen LogP contribution in [0.25, 0.3) is 0 Å². The number of halogens is 1. The van der Waals surface area contributed by atoms with Gasteiger partial charge in [-0.25, -0.2) is 0 Å². The molecule has 0 aliphatic carbocycles. The van der Waals surface area contributed by atoms with Crippen molar-refractivity contribution in [1.29, 1.82) is 0 Å². The molecule has 0 amide bonds. The zero-order valence-electron chi connectivity index (χ0n) is 4.11. The summed E-state index contributed by atoms with van der Waals surface area (Å²) in [5.41, 5.74) is 0. The monoisotopic (exact) mass is 118 g/mol. The Morgan fingerprint density at radius 2 is 2.57 bits per heavy atom. The fourth-order valence-corrected chi connectivity index (χ4v) is 0.214. The summed E-state index contributed by atoms with van der Waals surface area (Å²) in [5, 5.41) is 3.15. The fraction of sp³-hybridized carbons (Fsp3) is 0.250. The molecule has 1 N–H and O–H groups in total. The highest BCUT2D eigenvalue weighted by Crippen LogP contribution is 1.91. The van der Waals surface area contributed by atoms with E-state index >= 15 is 0 Å². The van der Waals surface area contributed by atoms with Gasteiger partial charge in [0.2, 0.25) is 0 Å². The van der Waals surface area contributed by atoms with Gasteiger partial charge in [-0.15, -0.1) is 0 Å². The van der Waals surface area contributed by atoms with E-state index in [0.29, 0.717) is 5.16 Å². The minimum Gasteiger partial charge on any atom is -0.378 e. The molecule has 7 heavy (non-hydrogen) atoms. The van der Waals surface area contributed by atoms with E-state index < -0.39 is 0 Å². The van der Waals surface area contributed by atoms with Crippen molar-refractivity contribution < 1.29 is 0 Å². The molecule has 0 saturated carbocycles. The van der Waals surface area contributed by atoms with Crippen LogP contribution in [0.1, 0.15) is 0 Å². The minimum absolute atomic E-state index is 0.495. The Hall–Kier alpha value is -0.500. The van der Waals surface area contributed by atoms with E-state index in [1.165, 1.54) is 6.20 Å². The zero-order valence-corrected chi connectivity index (χ0v) is 4.87. The minimum atomic E-state index is 0.495. The first-order valence-electron chi connectivity index (χ1n) is 1.80. The van der Waals surface area contributed by atoms with Gasteiger partial charge in [0.25, 0.3) is 0 Å². The average Bonchev–Trinajstić information content (AvgIpc) is 1.68. The highest BCUT2D eigenvalue weighted by atomic mass is 35.5. The van der Waals surface area contributed by atoms with E-state index in [2.05, 4.69) is 17.0 Å². The molecule has 0 aromatic heterocycles. The van der Waals surface area contributed by atoms with Gasteiger partial charge in [0.15, 0.2) is 0 Å². The van der Waals surface area contributed by atoms with Gasteiger partial charge >= 0.3 is 0 Å². The van der Waals surface area contributed by atoms with Crippen LogP contribution in [0.3, 0.4) is 0 Å². The van der Waals surface area contributed by atoms with Gasteiger partial charge in [-0.3, -0.25) is 4.99 Å². The molecular formula is C4H7ClN2. The van der Waals surface area contributed by atoms with Crippen molar-refractivity contribution in [2.75, 3.05) is 7.05 Å². The smallest absolute Gasteiger partial charge is 0.120 e.